The second-order valence-corrected chi connectivity index (χ2v) is 7.03. The summed E-state index contributed by atoms with van der Waals surface area (Å²) in [7, 11) is 0. The highest BCUT2D eigenvalue weighted by Gasteiger charge is 2.26. The Kier molecular flexibility index (Phi) is 5.44. The van der Waals surface area contributed by atoms with Crippen molar-refractivity contribution in [2.75, 3.05) is 6.61 Å². The summed E-state index contributed by atoms with van der Waals surface area (Å²) in [6.45, 7) is 7.03. The molecule has 1 aromatic rings. The van der Waals surface area contributed by atoms with E-state index in [1.54, 1.807) is 0 Å². The van der Waals surface area contributed by atoms with Gasteiger partial charge in [-0.05, 0) is 51.3 Å². The number of hydrogen-bond acceptors (Lipinski definition) is 3. The van der Waals surface area contributed by atoms with Crippen LogP contribution in [0, 0.1) is 0 Å². The van der Waals surface area contributed by atoms with Gasteiger partial charge in [-0.2, -0.15) is 0 Å². The van der Waals surface area contributed by atoms with Gasteiger partial charge in [-0.1, -0.05) is 22.9 Å². The first-order valence-corrected chi connectivity index (χ1v) is 8.34. The van der Waals surface area contributed by atoms with E-state index in [1.807, 2.05) is 18.2 Å². The van der Waals surface area contributed by atoms with Crippen LogP contribution in [0.4, 0.5) is 0 Å². The van der Waals surface area contributed by atoms with Crippen LogP contribution in [0.2, 0.25) is 0 Å². The van der Waals surface area contributed by atoms with Crippen molar-refractivity contribution >= 4 is 21.7 Å². The minimum atomic E-state index is -0.0673. The molecule has 1 heterocycles. The first-order chi connectivity index (χ1) is 9.91. The highest BCUT2D eigenvalue weighted by molar-refractivity contribution is 9.10. The standard InChI is InChI=1S/C17H23BrO3/c1-4-17(2,3)20-9-5-6-13-11-15(19)14-10-12(18)7-8-16(14)21-13/h7-8,10,13H,4-6,9,11H2,1-3H3. The summed E-state index contributed by atoms with van der Waals surface area (Å²) in [6.07, 6.45) is 3.18. The molecule has 2 rings (SSSR count). The van der Waals surface area contributed by atoms with Gasteiger partial charge in [-0.3, -0.25) is 4.79 Å². The maximum Gasteiger partial charge on any atom is 0.170 e. The number of carbonyl (C=O) groups excluding carboxylic acids is 1. The second-order valence-electron chi connectivity index (χ2n) is 6.11. The number of carbonyl (C=O) groups is 1. The van der Waals surface area contributed by atoms with Gasteiger partial charge in [-0.25, -0.2) is 0 Å². The monoisotopic (exact) mass is 354 g/mol. The van der Waals surface area contributed by atoms with Crippen LogP contribution in [0.5, 0.6) is 5.75 Å². The number of fused-ring (bicyclic) bond motifs is 1. The van der Waals surface area contributed by atoms with Crippen LogP contribution in [-0.4, -0.2) is 24.1 Å². The van der Waals surface area contributed by atoms with Crippen molar-refractivity contribution in [3.8, 4) is 5.75 Å². The van der Waals surface area contributed by atoms with E-state index in [1.165, 1.54) is 0 Å². The maximum absolute atomic E-state index is 12.2. The summed E-state index contributed by atoms with van der Waals surface area (Å²) in [5.41, 5.74) is 0.617. The summed E-state index contributed by atoms with van der Waals surface area (Å²) in [5.74, 6) is 0.867. The number of ketones is 1. The molecule has 116 valence electrons. The summed E-state index contributed by atoms with van der Waals surface area (Å²) in [4.78, 5) is 12.2. The van der Waals surface area contributed by atoms with Crippen molar-refractivity contribution in [1.29, 1.82) is 0 Å². The van der Waals surface area contributed by atoms with E-state index in [4.69, 9.17) is 9.47 Å². The van der Waals surface area contributed by atoms with Crippen LogP contribution in [0.25, 0.3) is 0 Å². The molecule has 1 aliphatic rings. The molecule has 0 saturated carbocycles. The fourth-order valence-electron chi connectivity index (χ4n) is 2.28. The Morgan fingerprint density at radius 3 is 2.90 bits per heavy atom. The Labute approximate surface area is 135 Å². The van der Waals surface area contributed by atoms with Crippen molar-refractivity contribution in [1.82, 2.24) is 0 Å². The Morgan fingerprint density at radius 1 is 1.43 bits per heavy atom. The van der Waals surface area contributed by atoms with Crippen LogP contribution in [0.15, 0.2) is 22.7 Å². The molecule has 0 saturated heterocycles. The molecule has 1 unspecified atom stereocenters. The van der Waals surface area contributed by atoms with Gasteiger partial charge >= 0.3 is 0 Å². The lowest BCUT2D eigenvalue weighted by Crippen LogP contribution is -2.28. The summed E-state index contributed by atoms with van der Waals surface area (Å²) < 4.78 is 12.7. The molecule has 1 aromatic carbocycles. The summed E-state index contributed by atoms with van der Waals surface area (Å²) >= 11 is 3.39. The molecule has 0 aliphatic carbocycles. The third-order valence-electron chi connectivity index (χ3n) is 3.96. The van der Waals surface area contributed by atoms with Gasteiger partial charge < -0.3 is 9.47 Å². The molecular formula is C17H23BrO3. The smallest absolute Gasteiger partial charge is 0.170 e. The van der Waals surface area contributed by atoms with Crippen molar-refractivity contribution in [2.24, 2.45) is 0 Å². The predicted molar refractivity (Wildman–Crippen MR) is 87.1 cm³/mol. The third-order valence-corrected chi connectivity index (χ3v) is 4.46. The van der Waals surface area contributed by atoms with Gasteiger partial charge in [0, 0.05) is 17.5 Å². The van der Waals surface area contributed by atoms with Gasteiger partial charge in [0.25, 0.3) is 0 Å². The molecule has 3 nitrogen and oxygen atoms in total. The average molecular weight is 355 g/mol. The number of hydrogen-bond donors (Lipinski definition) is 0. The van der Waals surface area contributed by atoms with Crippen LogP contribution >= 0.6 is 15.9 Å². The summed E-state index contributed by atoms with van der Waals surface area (Å²) in [6, 6.07) is 5.60. The SMILES string of the molecule is CCC(C)(C)OCCCC1CC(=O)c2cc(Br)ccc2O1. The molecule has 0 bridgehead atoms. The quantitative estimate of drug-likeness (QED) is 0.690. The highest BCUT2D eigenvalue weighted by atomic mass is 79.9. The van der Waals surface area contributed by atoms with E-state index in [-0.39, 0.29) is 17.5 Å². The molecular weight excluding hydrogens is 332 g/mol. The minimum absolute atomic E-state index is 0.0282. The van der Waals surface area contributed by atoms with Crippen molar-refractivity contribution in [2.45, 2.75) is 58.2 Å². The molecule has 0 fully saturated rings. The Bertz CT molecular complexity index is 511. The lowest BCUT2D eigenvalue weighted by atomic mass is 9.98. The molecule has 1 aliphatic heterocycles. The molecule has 0 N–H and O–H groups in total. The van der Waals surface area contributed by atoms with Gasteiger partial charge in [-0.15, -0.1) is 0 Å². The van der Waals surface area contributed by atoms with Crippen LogP contribution in [0.3, 0.4) is 0 Å². The predicted octanol–water partition coefficient (Wildman–Crippen LogP) is 4.77. The van der Waals surface area contributed by atoms with Gasteiger partial charge in [0.1, 0.15) is 11.9 Å². The first kappa shape index (κ1) is 16.5. The topological polar surface area (TPSA) is 35.5 Å². The molecule has 21 heavy (non-hydrogen) atoms. The van der Waals surface area contributed by atoms with E-state index >= 15 is 0 Å². The fraction of sp³-hybridized carbons (Fsp3) is 0.588. The fourth-order valence-corrected chi connectivity index (χ4v) is 2.64. The van der Waals surface area contributed by atoms with Gasteiger partial charge in [0.2, 0.25) is 0 Å². The zero-order valence-corrected chi connectivity index (χ0v) is 14.5. The van der Waals surface area contributed by atoms with Crippen LogP contribution < -0.4 is 4.74 Å². The number of Topliss-reactive ketones (excluding diaryl/α,β-unsaturated/α-hetero) is 1. The van der Waals surface area contributed by atoms with E-state index in [2.05, 4.69) is 36.7 Å². The number of rotatable bonds is 6. The van der Waals surface area contributed by atoms with Crippen LogP contribution in [0.1, 0.15) is 56.8 Å². The Hall–Kier alpha value is -0.870. The number of ether oxygens (including phenoxy) is 2. The lowest BCUT2D eigenvalue weighted by molar-refractivity contribution is -0.0244. The number of benzene rings is 1. The maximum atomic E-state index is 12.2. The zero-order chi connectivity index (χ0) is 15.5. The van der Waals surface area contributed by atoms with E-state index in [9.17, 15) is 4.79 Å². The molecule has 0 spiro atoms. The van der Waals surface area contributed by atoms with Gasteiger partial charge in [0.15, 0.2) is 5.78 Å². The van der Waals surface area contributed by atoms with Crippen molar-refractivity contribution in [3.05, 3.63) is 28.2 Å². The normalized spacial score (nSPS) is 18.3. The van der Waals surface area contributed by atoms with E-state index < -0.39 is 0 Å². The summed E-state index contributed by atoms with van der Waals surface area (Å²) in [5, 5.41) is 0. The zero-order valence-electron chi connectivity index (χ0n) is 12.9. The Balaban J connectivity index is 1.85. The minimum Gasteiger partial charge on any atom is -0.489 e. The molecule has 4 heteroatoms. The number of halogens is 1. The molecule has 0 radical (unpaired) electrons. The van der Waals surface area contributed by atoms with Gasteiger partial charge in [0.05, 0.1) is 11.2 Å². The second kappa shape index (κ2) is 6.93. The largest absolute Gasteiger partial charge is 0.489 e. The Morgan fingerprint density at radius 2 is 2.19 bits per heavy atom. The average Bonchev–Trinajstić information content (AvgIpc) is 2.44. The molecule has 1 atom stereocenters. The highest BCUT2D eigenvalue weighted by Crippen LogP contribution is 2.31. The van der Waals surface area contributed by atoms with Crippen LogP contribution in [-0.2, 0) is 4.74 Å². The first-order valence-electron chi connectivity index (χ1n) is 7.54. The van der Waals surface area contributed by atoms with E-state index in [0.717, 1.165) is 23.7 Å². The molecule has 0 amide bonds. The van der Waals surface area contributed by atoms with Crippen molar-refractivity contribution in [3.63, 3.8) is 0 Å². The lowest BCUT2D eigenvalue weighted by Gasteiger charge is -2.27. The van der Waals surface area contributed by atoms with E-state index in [0.29, 0.717) is 24.3 Å². The van der Waals surface area contributed by atoms with Crippen molar-refractivity contribution < 1.29 is 14.3 Å². The third kappa shape index (κ3) is 4.55. The molecule has 0 aromatic heterocycles.